The molecule has 2 aromatic rings. The zero-order valence-corrected chi connectivity index (χ0v) is 17.8. The van der Waals surface area contributed by atoms with E-state index in [1.165, 1.54) is 14.2 Å². The van der Waals surface area contributed by atoms with E-state index in [0.717, 1.165) is 11.1 Å². The first-order valence-corrected chi connectivity index (χ1v) is 9.56. The van der Waals surface area contributed by atoms with Crippen LogP contribution in [0.25, 0.3) is 0 Å². The molecule has 0 heterocycles. The fourth-order valence-corrected chi connectivity index (χ4v) is 3.33. The summed E-state index contributed by atoms with van der Waals surface area (Å²) in [5, 5.41) is 12.6. The van der Waals surface area contributed by atoms with Gasteiger partial charge in [-0.25, -0.2) is 9.59 Å². The first-order chi connectivity index (χ1) is 13.4. The number of esters is 1. The van der Waals surface area contributed by atoms with Crippen LogP contribution in [0.5, 0.6) is 5.75 Å². The third kappa shape index (κ3) is 6.38. The number of ether oxygens (including phenoxy) is 3. The second kappa shape index (κ2) is 10.9. The van der Waals surface area contributed by atoms with Crippen molar-refractivity contribution in [2.75, 3.05) is 14.2 Å². The lowest BCUT2D eigenvalue weighted by molar-refractivity contribution is -0.143. The van der Waals surface area contributed by atoms with Gasteiger partial charge in [0, 0.05) is 19.1 Å². The van der Waals surface area contributed by atoms with Crippen LogP contribution in [0, 0.1) is 3.57 Å². The maximum atomic E-state index is 12.1. The van der Waals surface area contributed by atoms with Crippen molar-refractivity contribution in [3.8, 4) is 5.75 Å². The van der Waals surface area contributed by atoms with E-state index in [9.17, 15) is 14.7 Å². The maximum Gasteiger partial charge on any atom is 0.408 e. The quantitative estimate of drug-likeness (QED) is 0.428. The van der Waals surface area contributed by atoms with E-state index in [1.807, 2.05) is 52.9 Å². The Kier molecular flexibility index (Phi) is 8.52. The van der Waals surface area contributed by atoms with Crippen LogP contribution in [-0.4, -0.2) is 37.4 Å². The molecule has 0 unspecified atom stereocenters. The summed E-state index contributed by atoms with van der Waals surface area (Å²) in [6.45, 7) is 0.320. The molecule has 2 N–H and O–H groups in total. The van der Waals surface area contributed by atoms with E-state index in [-0.39, 0.29) is 25.4 Å². The van der Waals surface area contributed by atoms with Crippen LogP contribution in [0.15, 0.2) is 42.5 Å². The first kappa shape index (κ1) is 22.0. The highest BCUT2D eigenvalue weighted by molar-refractivity contribution is 14.1. The zero-order valence-electron chi connectivity index (χ0n) is 15.6. The molecular weight excluding hydrogens is 477 g/mol. The molecule has 28 heavy (non-hydrogen) atoms. The molecule has 2 aromatic carbocycles. The predicted molar refractivity (Wildman–Crippen MR) is 111 cm³/mol. The van der Waals surface area contributed by atoms with Gasteiger partial charge in [-0.15, -0.1) is 0 Å². The van der Waals surface area contributed by atoms with Gasteiger partial charge < -0.3 is 24.6 Å². The fraction of sp³-hybridized carbons (Fsp3) is 0.300. The van der Waals surface area contributed by atoms with Crippen molar-refractivity contribution in [3.63, 3.8) is 0 Å². The molecule has 0 aliphatic carbocycles. The molecule has 0 fully saturated rings. The van der Waals surface area contributed by atoms with Gasteiger partial charge in [-0.2, -0.15) is 0 Å². The molecule has 150 valence electrons. The summed E-state index contributed by atoms with van der Waals surface area (Å²) in [5.74, 6) is -0.455. The molecule has 0 saturated heterocycles. The van der Waals surface area contributed by atoms with Crippen molar-refractivity contribution in [2.45, 2.75) is 25.7 Å². The molecule has 1 atom stereocenters. The summed E-state index contributed by atoms with van der Waals surface area (Å²) in [4.78, 5) is 24.2. The number of phenolic OH excluding ortho intramolecular Hbond substituents is 1. The largest absolute Gasteiger partial charge is 0.506 e. The number of rotatable bonds is 8. The van der Waals surface area contributed by atoms with Crippen LogP contribution >= 0.6 is 22.6 Å². The molecule has 0 radical (unpaired) electrons. The van der Waals surface area contributed by atoms with Crippen LogP contribution in [0.1, 0.15) is 16.7 Å². The highest BCUT2D eigenvalue weighted by Crippen LogP contribution is 2.27. The Morgan fingerprint density at radius 1 is 1.11 bits per heavy atom. The number of hydrogen-bond acceptors (Lipinski definition) is 6. The topological polar surface area (TPSA) is 94.1 Å². The molecule has 0 bridgehead atoms. The lowest BCUT2D eigenvalue weighted by Crippen LogP contribution is -2.43. The minimum Gasteiger partial charge on any atom is -0.506 e. The number of hydrogen-bond donors (Lipinski definition) is 2. The zero-order chi connectivity index (χ0) is 20.5. The van der Waals surface area contributed by atoms with E-state index in [1.54, 1.807) is 12.1 Å². The number of methoxy groups -OCH3 is 2. The number of carbonyl (C=O) groups is 2. The van der Waals surface area contributed by atoms with E-state index in [2.05, 4.69) is 5.32 Å². The molecule has 2 rings (SSSR count). The number of alkyl carbamates (subject to hydrolysis) is 1. The second-order valence-corrected chi connectivity index (χ2v) is 7.17. The molecular formula is C20H22INO6. The smallest absolute Gasteiger partial charge is 0.408 e. The Bertz CT molecular complexity index is 812. The number of phenols is 1. The average molecular weight is 499 g/mol. The SMILES string of the molecule is COCc1cc(C[C@H](NC(=O)OCc2ccccc2)C(=O)OC)cc(I)c1O. The van der Waals surface area contributed by atoms with E-state index in [0.29, 0.717) is 9.13 Å². The van der Waals surface area contributed by atoms with Crippen molar-refractivity contribution in [1.82, 2.24) is 5.32 Å². The summed E-state index contributed by atoms with van der Waals surface area (Å²) in [6, 6.07) is 11.8. The van der Waals surface area contributed by atoms with Gasteiger partial charge in [0.1, 0.15) is 18.4 Å². The van der Waals surface area contributed by atoms with Crippen LogP contribution in [0.4, 0.5) is 4.79 Å². The van der Waals surface area contributed by atoms with Gasteiger partial charge in [-0.1, -0.05) is 30.3 Å². The van der Waals surface area contributed by atoms with Crippen molar-refractivity contribution in [3.05, 3.63) is 62.7 Å². The number of carbonyl (C=O) groups excluding carboxylic acids is 2. The lowest BCUT2D eigenvalue weighted by Gasteiger charge is -2.18. The summed E-state index contributed by atoms with van der Waals surface area (Å²) < 4.78 is 15.7. The van der Waals surface area contributed by atoms with Gasteiger partial charge in [-0.3, -0.25) is 0 Å². The average Bonchev–Trinajstić information content (AvgIpc) is 2.70. The third-order valence-corrected chi connectivity index (χ3v) is 4.75. The molecule has 8 heteroatoms. The highest BCUT2D eigenvalue weighted by atomic mass is 127. The maximum absolute atomic E-state index is 12.1. The summed E-state index contributed by atoms with van der Waals surface area (Å²) in [7, 11) is 2.78. The molecule has 0 spiro atoms. The van der Waals surface area contributed by atoms with Gasteiger partial charge >= 0.3 is 12.1 Å². The normalized spacial score (nSPS) is 11.5. The minimum atomic E-state index is -0.927. The molecule has 0 saturated carbocycles. The third-order valence-electron chi connectivity index (χ3n) is 3.93. The summed E-state index contributed by atoms with van der Waals surface area (Å²) in [5.41, 5.74) is 2.18. The van der Waals surface area contributed by atoms with Crippen molar-refractivity contribution in [2.24, 2.45) is 0 Å². The first-order valence-electron chi connectivity index (χ1n) is 8.48. The lowest BCUT2D eigenvalue weighted by atomic mass is 10.0. The predicted octanol–water partition coefficient (Wildman–Crippen LogP) is 3.15. The van der Waals surface area contributed by atoms with Crippen LogP contribution in [0.2, 0.25) is 0 Å². The second-order valence-electron chi connectivity index (χ2n) is 6.00. The van der Waals surface area contributed by atoms with Crippen LogP contribution in [-0.2, 0) is 38.6 Å². The summed E-state index contributed by atoms with van der Waals surface area (Å²) >= 11 is 2.00. The van der Waals surface area contributed by atoms with Crippen LogP contribution in [0.3, 0.4) is 0 Å². The van der Waals surface area contributed by atoms with Gasteiger partial charge in [-0.05, 0) is 45.9 Å². The molecule has 0 aliphatic rings. The Morgan fingerprint density at radius 2 is 1.82 bits per heavy atom. The van der Waals surface area contributed by atoms with Gasteiger partial charge in [0.25, 0.3) is 0 Å². The van der Waals surface area contributed by atoms with E-state index >= 15 is 0 Å². The number of benzene rings is 2. The molecule has 0 aromatic heterocycles. The van der Waals surface area contributed by atoms with Gasteiger partial charge in [0.2, 0.25) is 0 Å². The Balaban J connectivity index is 2.07. The number of aromatic hydroxyl groups is 1. The number of amides is 1. The highest BCUT2D eigenvalue weighted by Gasteiger charge is 2.23. The minimum absolute atomic E-state index is 0.0929. The van der Waals surface area contributed by atoms with E-state index in [4.69, 9.17) is 14.2 Å². The number of nitrogens with one attached hydrogen (secondary N) is 1. The Hall–Kier alpha value is -2.33. The van der Waals surface area contributed by atoms with Crippen molar-refractivity contribution >= 4 is 34.7 Å². The Morgan fingerprint density at radius 3 is 2.46 bits per heavy atom. The monoisotopic (exact) mass is 499 g/mol. The standard InChI is InChI=1S/C20H22INO6/c1-26-12-15-8-14(9-16(21)18(15)23)10-17(19(24)27-2)22-20(25)28-11-13-6-4-3-5-7-13/h3-9,17,23H,10-12H2,1-2H3,(H,22,25)/t17-/m0/s1. The van der Waals surface area contributed by atoms with E-state index < -0.39 is 18.1 Å². The van der Waals surface area contributed by atoms with Gasteiger partial charge in [0.15, 0.2) is 0 Å². The van der Waals surface area contributed by atoms with Crippen molar-refractivity contribution in [1.29, 1.82) is 0 Å². The fourth-order valence-electron chi connectivity index (χ4n) is 2.58. The number of halogens is 1. The van der Waals surface area contributed by atoms with Crippen molar-refractivity contribution < 1.29 is 28.9 Å². The molecule has 0 aliphatic heterocycles. The molecule has 7 nitrogen and oxygen atoms in total. The molecule has 1 amide bonds. The van der Waals surface area contributed by atoms with Gasteiger partial charge in [0.05, 0.1) is 17.3 Å². The Labute approximate surface area is 177 Å². The summed E-state index contributed by atoms with van der Waals surface area (Å²) in [6.07, 6.45) is -0.537. The van der Waals surface area contributed by atoms with Crippen LogP contribution < -0.4 is 5.32 Å².